The Labute approximate surface area is 86.3 Å². The number of carboxylic acid groups (broad SMARTS) is 1. The number of carbonyl (C=O) groups is 1. The summed E-state index contributed by atoms with van der Waals surface area (Å²) in [5.41, 5.74) is -0.300. The van der Waals surface area contributed by atoms with Gasteiger partial charge in [0.05, 0.1) is 0 Å². The molecule has 1 amide bonds. The second kappa shape index (κ2) is 5.86. The van der Waals surface area contributed by atoms with Crippen LogP contribution in [0.1, 0.15) is 33.6 Å². The molecule has 0 aliphatic heterocycles. The van der Waals surface area contributed by atoms with Gasteiger partial charge in [-0.3, -0.25) is 0 Å². The summed E-state index contributed by atoms with van der Waals surface area (Å²) in [7, 11) is 1.90. The largest absolute Gasteiger partial charge is 0.465 e. The van der Waals surface area contributed by atoms with Gasteiger partial charge in [0.1, 0.15) is 0 Å². The zero-order valence-electron chi connectivity index (χ0n) is 9.63. The summed E-state index contributed by atoms with van der Waals surface area (Å²) >= 11 is 0. The highest BCUT2D eigenvalue weighted by atomic mass is 16.4. The van der Waals surface area contributed by atoms with Crippen molar-refractivity contribution in [3.63, 3.8) is 0 Å². The Kier molecular flexibility index (Phi) is 5.53. The van der Waals surface area contributed by atoms with Crippen LogP contribution >= 0.6 is 0 Å². The van der Waals surface area contributed by atoms with Gasteiger partial charge in [-0.15, -0.1) is 0 Å². The molecule has 0 aliphatic carbocycles. The quantitative estimate of drug-likeness (QED) is 0.668. The molecule has 0 aromatic rings. The van der Waals surface area contributed by atoms with E-state index in [0.29, 0.717) is 6.54 Å². The van der Waals surface area contributed by atoms with Crippen LogP contribution in [-0.4, -0.2) is 41.8 Å². The minimum absolute atomic E-state index is 0.300. The first-order valence-corrected chi connectivity index (χ1v) is 5.04. The summed E-state index contributed by atoms with van der Waals surface area (Å²) in [4.78, 5) is 12.4. The lowest BCUT2D eigenvalue weighted by atomic mass is 10.1. The minimum atomic E-state index is -0.832. The maximum absolute atomic E-state index is 10.9. The first-order valence-electron chi connectivity index (χ1n) is 5.04. The van der Waals surface area contributed by atoms with E-state index in [9.17, 15) is 4.79 Å². The fourth-order valence-corrected chi connectivity index (χ4v) is 1.29. The van der Waals surface area contributed by atoms with Crippen LogP contribution in [0.5, 0.6) is 0 Å². The molecule has 0 saturated carbocycles. The van der Waals surface area contributed by atoms with E-state index < -0.39 is 6.09 Å². The Hall–Kier alpha value is -0.770. The summed E-state index contributed by atoms with van der Waals surface area (Å²) in [5.74, 6) is 0. The summed E-state index contributed by atoms with van der Waals surface area (Å²) < 4.78 is 0. The molecule has 0 unspecified atom stereocenters. The zero-order chi connectivity index (χ0) is 11.2. The van der Waals surface area contributed by atoms with Crippen molar-refractivity contribution in [2.24, 2.45) is 0 Å². The summed E-state index contributed by atoms with van der Waals surface area (Å²) in [6, 6.07) is 0. The number of unbranched alkanes of at least 4 members (excludes halogenated alkanes) is 1. The number of hydrogen-bond donors (Lipinski definition) is 2. The third-order valence-electron chi connectivity index (χ3n) is 2.10. The Morgan fingerprint density at radius 2 is 1.93 bits per heavy atom. The van der Waals surface area contributed by atoms with Crippen molar-refractivity contribution in [1.82, 2.24) is 10.2 Å². The first-order chi connectivity index (χ1) is 6.39. The maximum Gasteiger partial charge on any atom is 0.407 e. The lowest BCUT2D eigenvalue weighted by molar-refractivity contribution is 0.0991. The van der Waals surface area contributed by atoms with E-state index in [4.69, 9.17) is 5.11 Å². The van der Waals surface area contributed by atoms with Gasteiger partial charge in [0.25, 0.3) is 0 Å². The molecular weight excluding hydrogens is 180 g/mol. The zero-order valence-corrected chi connectivity index (χ0v) is 9.63. The van der Waals surface area contributed by atoms with Gasteiger partial charge in [-0.1, -0.05) is 0 Å². The van der Waals surface area contributed by atoms with Crippen molar-refractivity contribution < 1.29 is 9.90 Å². The number of rotatable bonds is 5. The average Bonchev–Trinajstić information content (AvgIpc) is 2.01. The van der Waals surface area contributed by atoms with Crippen LogP contribution in [0.25, 0.3) is 0 Å². The SMILES string of the molecule is CNCCCCN(C(=O)O)C(C)(C)C. The van der Waals surface area contributed by atoms with Crippen molar-refractivity contribution in [3.8, 4) is 0 Å². The van der Waals surface area contributed by atoms with Gasteiger partial charge in [-0.05, 0) is 47.2 Å². The number of hydrogen-bond acceptors (Lipinski definition) is 2. The van der Waals surface area contributed by atoms with Gasteiger partial charge >= 0.3 is 6.09 Å². The van der Waals surface area contributed by atoms with Crippen molar-refractivity contribution in [2.75, 3.05) is 20.1 Å². The van der Waals surface area contributed by atoms with E-state index in [-0.39, 0.29) is 5.54 Å². The minimum Gasteiger partial charge on any atom is -0.465 e. The van der Waals surface area contributed by atoms with Crippen LogP contribution in [0.2, 0.25) is 0 Å². The molecule has 0 heterocycles. The Morgan fingerprint density at radius 1 is 1.36 bits per heavy atom. The summed E-state index contributed by atoms with van der Waals surface area (Å²) in [6.45, 7) is 7.30. The molecule has 0 radical (unpaired) electrons. The third-order valence-corrected chi connectivity index (χ3v) is 2.10. The molecule has 0 aliphatic rings. The second-order valence-corrected chi connectivity index (χ2v) is 4.42. The van der Waals surface area contributed by atoms with Gasteiger partial charge < -0.3 is 15.3 Å². The highest BCUT2D eigenvalue weighted by molar-refractivity contribution is 5.65. The number of amides is 1. The molecule has 0 rings (SSSR count). The van der Waals surface area contributed by atoms with Gasteiger partial charge in [-0.25, -0.2) is 4.79 Å². The topological polar surface area (TPSA) is 52.6 Å². The predicted octanol–water partition coefficient (Wildman–Crippen LogP) is 1.76. The average molecular weight is 202 g/mol. The molecule has 0 aromatic carbocycles. The molecule has 0 fully saturated rings. The molecule has 4 heteroatoms. The van der Waals surface area contributed by atoms with E-state index in [2.05, 4.69) is 5.32 Å². The van der Waals surface area contributed by atoms with Crippen LogP contribution < -0.4 is 5.32 Å². The Morgan fingerprint density at radius 3 is 2.29 bits per heavy atom. The number of nitrogens with zero attached hydrogens (tertiary/aromatic N) is 1. The van der Waals surface area contributed by atoms with Crippen LogP contribution in [0.15, 0.2) is 0 Å². The standard InChI is InChI=1S/C10H22N2O2/c1-10(2,3)12(9(13)14)8-6-5-7-11-4/h11H,5-8H2,1-4H3,(H,13,14). The normalized spacial score (nSPS) is 11.4. The molecule has 2 N–H and O–H groups in total. The van der Waals surface area contributed by atoms with Gasteiger partial charge in [-0.2, -0.15) is 0 Å². The van der Waals surface area contributed by atoms with Crippen LogP contribution in [0.3, 0.4) is 0 Å². The van der Waals surface area contributed by atoms with Crippen LogP contribution in [-0.2, 0) is 0 Å². The van der Waals surface area contributed by atoms with Crippen LogP contribution in [0, 0.1) is 0 Å². The monoisotopic (exact) mass is 202 g/mol. The van der Waals surface area contributed by atoms with E-state index >= 15 is 0 Å². The summed E-state index contributed by atoms with van der Waals surface area (Å²) in [6.07, 6.45) is 1.09. The van der Waals surface area contributed by atoms with Crippen molar-refractivity contribution in [3.05, 3.63) is 0 Å². The van der Waals surface area contributed by atoms with Gasteiger partial charge in [0, 0.05) is 12.1 Å². The maximum atomic E-state index is 10.9. The van der Waals surface area contributed by atoms with Crippen molar-refractivity contribution >= 4 is 6.09 Å². The van der Waals surface area contributed by atoms with E-state index in [1.54, 1.807) is 0 Å². The van der Waals surface area contributed by atoms with Crippen molar-refractivity contribution in [1.29, 1.82) is 0 Å². The molecule has 84 valence electrons. The molecular formula is C10H22N2O2. The molecule has 0 spiro atoms. The molecule has 0 atom stereocenters. The Bertz CT molecular complexity index is 175. The molecule has 0 aromatic heterocycles. The number of nitrogens with one attached hydrogen (secondary N) is 1. The predicted molar refractivity (Wildman–Crippen MR) is 57.6 cm³/mol. The summed E-state index contributed by atoms with van der Waals surface area (Å²) in [5, 5.41) is 12.0. The van der Waals surface area contributed by atoms with E-state index in [1.165, 1.54) is 4.90 Å². The smallest absolute Gasteiger partial charge is 0.407 e. The van der Waals surface area contributed by atoms with Gasteiger partial charge in [0.15, 0.2) is 0 Å². The lowest BCUT2D eigenvalue weighted by Gasteiger charge is -2.33. The molecule has 14 heavy (non-hydrogen) atoms. The Balaban J connectivity index is 3.94. The van der Waals surface area contributed by atoms with Crippen LogP contribution in [0.4, 0.5) is 4.79 Å². The first kappa shape index (κ1) is 13.2. The molecule has 0 bridgehead atoms. The fourth-order valence-electron chi connectivity index (χ4n) is 1.29. The van der Waals surface area contributed by atoms with Gasteiger partial charge in [0.2, 0.25) is 0 Å². The fraction of sp³-hybridized carbons (Fsp3) is 0.900. The van der Waals surface area contributed by atoms with Crippen molar-refractivity contribution in [2.45, 2.75) is 39.2 Å². The van der Waals surface area contributed by atoms with E-state index in [0.717, 1.165) is 19.4 Å². The van der Waals surface area contributed by atoms with E-state index in [1.807, 2.05) is 27.8 Å². The molecule has 4 nitrogen and oxygen atoms in total. The highest BCUT2D eigenvalue weighted by Crippen LogP contribution is 2.14. The third kappa shape index (κ3) is 5.07. The molecule has 0 saturated heterocycles. The lowest BCUT2D eigenvalue weighted by Crippen LogP contribution is -2.45. The second-order valence-electron chi connectivity index (χ2n) is 4.42. The highest BCUT2D eigenvalue weighted by Gasteiger charge is 2.24.